The topological polar surface area (TPSA) is 51.3 Å². The second kappa shape index (κ2) is 6.32. The summed E-state index contributed by atoms with van der Waals surface area (Å²) in [6.45, 7) is 4.07. The van der Waals surface area contributed by atoms with E-state index in [0.717, 1.165) is 39.7 Å². The van der Waals surface area contributed by atoms with Crippen LogP contribution in [0.4, 0.5) is 0 Å². The number of ether oxygens (including phenoxy) is 2. The number of nitrogens with one attached hydrogen (secondary N) is 1. The van der Waals surface area contributed by atoms with Crippen molar-refractivity contribution in [3.05, 3.63) is 27.9 Å². The summed E-state index contributed by atoms with van der Waals surface area (Å²) in [6, 6.07) is 3.91. The van der Waals surface area contributed by atoms with E-state index in [4.69, 9.17) is 9.47 Å². The Labute approximate surface area is 138 Å². The highest BCUT2D eigenvalue weighted by Gasteiger charge is 2.21. The molecule has 0 spiro atoms. The third kappa shape index (κ3) is 2.86. The third-order valence-electron chi connectivity index (χ3n) is 4.11. The lowest BCUT2D eigenvalue weighted by molar-refractivity contribution is 0.0528. The minimum Gasteiger partial charge on any atom is -0.489 e. The highest BCUT2D eigenvalue weighted by atomic mass is 79.9. The van der Waals surface area contributed by atoms with Crippen LogP contribution in [-0.2, 0) is 4.74 Å². The summed E-state index contributed by atoms with van der Waals surface area (Å²) in [5.41, 5.74) is 2.32. The molecule has 1 aromatic heterocycles. The molecule has 1 saturated carbocycles. The molecule has 0 radical (unpaired) electrons. The van der Waals surface area contributed by atoms with Crippen LogP contribution in [0.15, 0.2) is 16.6 Å². The van der Waals surface area contributed by atoms with Crippen molar-refractivity contribution in [2.45, 2.75) is 45.6 Å². The zero-order valence-electron chi connectivity index (χ0n) is 12.9. The standard InChI is InChI=1S/C17H20BrNO3/c1-3-21-17(20)16-10(2)19-14-9-13(18)15(8-12(14)16)22-11-6-4-5-7-11/h8-9,11,19H,3-7H2,1-2H3. The summed E-state index contributed by atoms with van der Waals surface area (Å²) < 4.78 is 12.2. The van der Waals surface area contributed by atoms with Gasteiger partial charge < -0.3 is 14.5 Å². The molecule has 0 amide bonds. The fraction of sp³-hybridized carbons (Fsp3) is 0.471. The fourth-order valence-electron chi connectivity index (χ4n) is 3.07. The van der Waals surface area contributed by atoms with Crippen LogP contribution in [-0.4, -0.2) is 23.7 Å². The summed E-state index contributed by atoms with van der Waals surface area (Å²) in [5.74, 6) is 0.504. The Morgan fingerprint density at radius 1 is 1.36 bits per heavy atom. The average molecular weight is 366 g/mol. The van der Waals surface area contributed by atoms with Crippen LogP contribution < -0.4 is 4.74 Å². The van der Waals surface area contributed by atoms with E-state index >= 15 is 0 Å². The number of H-pyrrole nitrogens is 1. The smallest absolute Gasteiger partial charge is 0.340 e. The molecule has 5 heteroatoms. The predicted molar refractivity (Wildman–Crippen MR) is 89.6 cm³/mol. The van der Waals surface area contributed by atoms with E-state index in [0.29, 0.717) is 12.2 Å². The number of hydrogen-bond donors (Lipinski definition) is 1. The van der Waals surface area contributed by atoms with Gasteiger partial charge in [-0.3, -0.25) is 0 Å². The third-order valence-corrected chi connectivity index (χ3v) is 4.73. The van der Waals surface area contributed by atoms with Gasteiger partial charge in [-0.25, -0.2) is 4.79 Å². The highest BCUT2D eigenvalue weighted by molar-refractivity contribution is 9.10. The molecule has 1 aliphatic carbocycles. The molecular formula is C17H20BrNO3. The van der Waals surface area contributed by atoms with Crippen molar-refractivity contribution in [2.75, 3.05) is 6.61 Å². The molecule has 1 N–H and O–H groups in total. The van der Waals surface area contributed by atoms with Crippen molar-refractivity contribution in [2.24, 2.45) is 0 Å². The summed E-state index contributed by atoms with van der Waals surface area (Å²) >= 11 is 3.57. The van der Waals surface area contributed by atoms with Crippen LogP contribution in [0.25, 0.3) is 10.9 Å². The van der Waals surface area contributed by atoms with E-state index in [2.05, 4.69) is 20.9 Å². The molecule has 3 rings (SSSR count). The lowest BCUT2D eigenvalue weighted by Gasteiger charge is -2.14. The van der Waals surface area contributed by atoms with Crippen molar-refractivity contribution < 1.29 is 14.3 Å². The van der Waals surface area contributed by atoms with Crippen LogP contribution >= 0.6 is 15.9 Å². The number of benzene rings is 1. The molecule has 4 nitrogen and oxygen atoms in total. The van der Waals surface area contributed by atoms with Crippen molar-refractivity contribution in [1.82, 2.24) is 4.98 Å². The zero-order chi connectivity index (χ0) is 15.7. The first-order valence-corrected chi connectivity index (χ1v) is 8.55. The number of carbonyl (C=O) groups excluding carboxylic acids is 1. The molecule has 0 bridgehead atoms. The SMILES string of the molecule is CCOC(=O)c1c(C)[nH]c2cc(Br)c(OC3CCCC3)cc12. The Morgan fingerprint density at radius 3 is 2.77 bits per heavy atom. The van der Waals surface area contributed by atoms with Gasteiger partial charge in [0.2, 0.25) is 0 Å². The molecule has 2 aromatic rings. The van der Waals surface area contributed by atoms with E-state index in [1.165, 1.54) is 12.8 Å². The summed E-state index contributed by atoms with van der Waals surface area (Å²) in [7, 11) is 0. The second-order valence-electron chi connectivity index (χ2n) is 5.70. The molecule has 0 unspecified atom stereocenters. The van der Waals surface area contributed by atoms with Gasteiger partial charge in [-0.15, -0.1) is 0 Å². The van der Waals surface area contributed by atoms with E-state index in [1.54, 1.807) is 0 Å². The van der Waals surface area contributed by atoms with Crippen LogP contribution in [0.1, 0.15) is 48.7 Å². The van der Waals surface area contributed by atoms with Crippen LogP contribution in [0.2, 0.25) is 0 Å². The first-order chi connectivity index (χ1) is 10.6. The van der Waals surface area contributed by atoms with Crippen molar-refractivity contribution in [3.8, 4) is 5.75 Å². The van der Waals surface area contributed by atoms with E-state index in [9.17, 15) is 4.79 Å². The maximum Gasteiger partial charge on any atom is 0.340 e. The highest BCUT2D eigenvalue weighted by Crippen LogP contribution is 2.35. The van der Waals surface area contributed by atoms with Crippen LogP contribution in [0, 0.1) is 6.92 Å². The Morgan fingerprint density at radius 2 is 2.09 bits per heavy atom. The van der Waals surface area contributed by atoms with Crippen LogP contribution in [0.3, 0.4) is 0 Å². The summed E-state index contributed by atoms with van der Waals surface area (Å²) in [5, 5.41) is 0.854. The first kappa shape index (κ1) is 15.4. The molecule has 118 valence electrons. The van der Waals surface area contributed by atoms with E-state index in [-0.39, 0.29) is 12.1 Å². The van der Waals surface area contributed by atoms with Gasteiger partial charge in [0.05, 0.1) is 22.7 Å². The lowest BCUT2D eigenvalue weighted by Crippen LogP contribution is -2.11. The fourth-order valence-corrected chi connectivity index (χ4v) is 3.51. The minimum absolute atomic E-state index is 0.278. The Bertz CT molecular complexity index is 701. The number of fused-ring (bicyclic) bond motifs is 1. The van der Waals surface area contributed by atoms with E-state index in [1.807, 2.05) is 26.0 Å². The summed E-state index contributed by atoms with van der Waals surface area (Å²) in [6.07, 6.45) is 4.92. The van der Waals surface area contributed by atoms with Gasteiger partial charge in [0.25, 0.3) is 0 Å². The molecule has 1 fully saturated rings. The second-order valence-corrected chi connectivity index (χ2v) is 6.55. The Hall–Kier alpha value is -1.49. The number of esters is 1. The molecule has 22 heavy (non-hydrogen) atoms. The molecule has 1 heterocycles. The van der Waals surface area contributed by atoms with Gasteiger partial charge in [-0.2, -0.15) is 0 Å². The van der Waals surface area contributed by atoms with Crippen molar-refractivity contribution in [3.63, 3.8) is 0 Å². The van der Waals surface area contributed by atoms with E-state index < -0.39 is 0 Å². The van der Waals surface area contributed by atoms with Crippen LogP contribution in [0.5, 0.6) is 5.75 Å². The number of aromatic nitrogens is 1. The number of carbonyl (C=O) groups is 1. The number of hydrogen-bond acceptors (Lipinski definition) is 3. The largest absolute Gasteiger partial charge is 0.489 e. The number of halogens is 1. The van der Waals surface area contributed by atoms with Gasteiger partial charge in [-0.05, 0) is 67.6 Å². The maximum absolute atomic E-state index is 12.2. The van der Waals surface area contributed by atoms with Gasteiger partial charge in [0.15, 0.2) is 0 Å². The first-order valence-electron chi connectivity index (χ1n) is 7.75. The molecule has 1 aromatic carbocycles. The molecule has 0 aliphatic heterocycles. The van der Waals surface area contributed by atoms with Crippen molar-refractivity contribution in [1.29, 1.82) is 0 Å². The molecular weight excluding hydrogens is 346 g/mol. The zero-order valence-corrected chi connectivity index (χ0v) is 14.5. The maximum atomic E-state index is 12.2. The number of rotatable bonds is 4. The lowest BCUT2D eigenvalue weighted by atomic mass is 10.1. The Balaban J connectivity index is 2.01. The molecule has 0 atom stereocenters. The average Bonchev–Trinajstić information content (AvgIpc) is 3.06. The molecule has 1 aliphatic rings. The minimum atomic E-state index is -0.291. The quantitative estimate of drug-likeness (QED) is 0.796. The molecule has 0 saturated heterocycles. The van der Waals surface area contributed by atoms with Gasteiger partial charge in [-0.1, -0.05) is 0 Å². The van der Waals surface area contributed by atoms with Gasteiger partial charge in [0.1, 0.15) is 5.75 Å². The van der Waals surface area contributed by atoms with Gasteiger partial charge in [0, 0.05) is 16.6 Å². The summed E-state index contributed by atoms with van der Waals surface area (Å²) in [4.78, 5) is 15.4. The van der Waals surface area contributed by atoms with Gasteiger partial charge >= 0.3 is 5.97 Å². The Kier molecular flexibility index (Phi) is 4.43. The van der Waals surface area contributed by atoms with Crippen molar-refractivity contribution >= 4 is 32.8 Å². The number of aromatic amines is 1. The number of aryl methyl sites for hydroxylation is 1. The predicted octanol–water partition coefficient (Wildman–Crippen LogP) is 4.74. The monoisotopic (exact) mass is 365 g/mol. The normalized spacial score (nSPS) is 15.4.